The van der Waals surface area contributed by atoms with Crippen LogP contribution in [0.3, 0.4) is 0 Å². The van der Waals surface area contributed by atoms with Crippen molar-refractivity contribution in [3.63, 3.8) is 0 Å². The molecule has 0 aromatic heterocycles. The van der Waals surface area contributed by atoms with E-state index in [-0.39, 0.29) is 40.1 Å². The van der Waals surface area contributed by atoms with Crippen LogP contribution in [-0.4, -0.2) is 26.7 Å². The predicted molar refractivity (Wildman–Crippen MR) is 118 cm³/mol. The van der Waals surface area contributed by atoms with E-state index in [4.69, 9.17) is 9.47 Å². The molecular formula is C22H21N4NaO5S. The number of benzene rings is 3. The molecule has 0 radical (unpaired) electrons. The number of hydrogen-bond donors (Lipinski definition) is 0. The van der Waals surface area contributed by atoms with Crippen molar-refractivity contribution in [2.45, 2.75) is 18.7 Å². The Balaban J connectivity index is 0.00000385. The number of rotatable bonds is 8. The van der Waals surface area contributed by atoms with Crippen LogP contribution in [0.25, 0.3) is 0 Å². The van der Waals surface area contributed by atoms with Crippen molar-refractivity contribution >= 4 is 32.9 Å². The van der Waals surface area contributed by atoms with Gasteiger partial charge in [0.2, 0.25) is 0 Å². The summed E-state index contributed by atoms with van der Waals surface area (Å²) in [5, 5.41) is 16.7. The third-order valence-electron chi connectivity index (χ3n) is 4.30. The number of hydrogen-bond acceptors (Lipinski definition) is 9. The molecule has 0 atom stereocenters. The van der Waals surface area contributed by atoms with Crippen LogP contribution in [0.15, 0.2) is 86.0 Å². The first-order chi connectivity index (χ1) is 15.3. The van der Waals surface area contributed by atoms with Crippen LogP contribution < -0.4 is 39.0 Å². The van der Waals surface area contributed by atoms with Crippen LogP contribution in [0.1, 0.15) is 12.5 Å². The minimum absolute atomic E-state index is 0. The Morgan fingerprint density at radius 2 is 1.55 bits per heavy atom. The van der Waals surface area contributed by atoms with Crippen LogP contribution in [0.2, 0.25) is 0 Å². The van der Waals surface area contributed by atoms with E-state index in [2.05, 4.69) is 20.5 Å². The van der Waals surface area contributed by atoms with Gasteiger partial charge in [-0.2, -0.15) is 15.3 Å². The second-order valence-electron chi connectivity index (χ2n) is 6.59. The number of aryl methyl sites for hydroxylation is 1. The van der Waals surface area contributed by atoms with Crippen molar-refractivity contribution in [1.29, 1.82) is 0 Å². The molecule has 0 spiro atoms. The third kappa shape index (κ3) is 7.44. The molecule has 0 aliphatic carbocycles. The molecule has 0 bridgehead atoms. The standard InChI is InChI=1S/C22H22N4O5S.Na/c1-4-31-18-10-8-16(9-11-18)23-26-21-12-15(2)20(14-22(21)30-3)25-24-17-6-5-7-19(13-17)32(27,28)29;/h5-14H,4H2,1-3H3,(H,27,28,29);/q;+1/p-1. The van der Waals surface area contributed by atoms with E-state index < -0.39 is 10.1 Å². The summed E-state index contributed by atoms with van der Waals surface area (Å²) < 4.78 is 44.3. The van der Waals surface area contributed by atoms with E-state index in [1.165, 1.54) is 19.2 Å². The van der Waals surface area contributed by atoms with Crippen molar-refractivity contribution in [2.75, 3.05) is 13.7 Å². The summed E-state index contributed by atoms with van der Waals surface area (Å²) in [6, 6.07) is 16.0. The quantitative estimate of drug-likeness (QED) is 0.281. The van der Waals surface area contributed by atoms with Gasteiger partial charge in [-0.25, -0.2) is 8.42 Å². The molecular weight excluding hydrogens is 455 g/mol. The van der Waals surface area contributed by atoms with E-state index in [1.807, 2.05) is 26.0 Å². The second kappa shape index (κ2) is 12.0. The van der Waals surface area contributed by atoms with Gasteiger partial charge in [-0.15, -0.1) is 5.11 Å². The average Bonchev–Trinajstić information content (AvgIpc) is 2.77. The summed E-state index contributed by atoms with van der Waals surface area (Å²) in [5.74, 6) is 1.20. The normalized spacial score (nSPS) is 11.5. The van der Waals surface area contributed by atoms with Gasteiger partial charge in [0, 0.05) is 6.07 Å². The smallest absolute Gasteiger partial charge is 0.744 e. The molecule has 0 aliphatic rings. The van der Waals surface area contributed by atoms with E-state index in [0.717, 1.165) is 17.4 Å². The van der Waals surface area contributed by atoms with Crippen molar-refractivity contribution in [1.82, 2.24) is 0 Å². The number of nitrogens with zero attached hydrogens (tertiary/aromatic N) is 4. The van der Waals surface area contributed by atoms with Gasteiger partial charge < -0.3 is 14.0 Å². The van der Waals surface area contributed by atoms with Gasteiger partial charge in [0.1, 0.15) is 27.3 Å². The Bertz CT molecular complexity index is 1260. The molecule has 166 valence electrons. The van der Waals surface area contributed by atoms with Gasteiger partial charge >= 0.3 is 29.6 Å². The number of methoxy groups -OCH3 is 1. The molecule has 3 rings (SSSR count). The summed E-state index contributed by atoms with van der Waals surface area (Å²) in [4.78, 5) is -0.367. The molecule has 0 aliphatic heterocycles. The number of ether oxygens (including phenoxy) is 2. The summed E-state index contributed by atoms with van der Waals surface area (Å²) in [7, 11) is -3.06. The van der Waals surface area contributed by atoms with Gasteiger partial charge in [-0.3, -0.25) is 0 Å². The van der Waals surface area contributed by atoms with Crippen molar-refractivity contribution in [3.8, 4) is 11.5 Å². The molecule has 0 saturated heterocycles. The van der Waals surface area contributed by atoms with Crippen molar-refractivity contribution in [2.24, 2.45) is 20.5 Å². The summed E-state index contributed by atoms with van der Waals surface area (Å²) >= 11 is 0. The van der Waals surface area contributed by atoms with Crippen LogP contribution in [0.4, 0.5) is 22.7 Å². The maximum absolute atomic E-state index is 11.2. The molecule has 0 fully saturated rings. The van der Waals surface area contributed by atoms with E-state index >= 15 is 0 Å². The Morgan fingerprint density at radius 3 is 2.18 bits per heavy atom. The zero-order valence-electron chi connectivity index (χ0n) is 18.7. The largest absolute Gasteiger partial charge is 1.00 e. The van der Waals surface area contributed by atoms with Crippen molar-refractivity contribution < 1.29 is 52.0 Å². The first-order valence-corrected chi connectivity index (χ1v) is 11.0. The Labute approximate surface area is 214 Å². The first-order valence-electron chi connectivity index (χ1n) is 9.61. The molecule has 0 saturated carbocycles. The zero-order chi connectivity index (χ0) is 23.1. The second-order valence-corrected chi connectivity index (χ2v) is 7.97. The summed E-state index contributed by atoms with van der Waals surface area (Å²) in [6.07, 6.45) is 0. The molecule has 3 aromatic rings. The molecule has 0 amide bonds. The Kier molecular flexibility index (Phi) is 9.69. The van der Waals surface area contributed by atoms with Gasteiger partial charge in [0.25, 0.3) is 0 Å². The van der Waals surface area contributed by atoms with Crippen LogP contribution in [0.5, 0.6) is 11.5 Å². The van der Waals surface area contributed by atoms with Gasteiger partial charge in [0.15, 0.2) is 0 Å². The maximum atomic E-state index is 11.2. The van der Waals surface area contributed by atoms with Gasteiger partial charge in [-0.1, -0.05) is 6.07 Å². The fourth-order valence-electron chi connectivity index (χ4n) is 2.71. The molecule has 11 heteroatoms. The van der Waals surface area contributed by atoms with E-state index in [9.17, 15) is 13.0 Å². The van der Waals surface area contributed by atoms with E-state index in [0.29, 0.717) is 29.4 Å². The maximum Gasteiger partial charge on any atom is 1.00 e. The average molecular weight is 476 g/mol. The topological polar surface area (TPSA) is 125 Å². The minimum Gasteiger partial charge on any atom is -0.744 e. The molecule has 9 nitrogen and oxygen atoms in total. The minimum atomic E-state index is -4.57. The SMILES string of the molecule is CCOc1ccc(N=Nc2cc(C)c(N=Nc3cccc(S(=O)(=O)[O-])c3)cc2OC)cc1.[Na+]. The summed E-state index contributed by atoms with van der Waals surface area (Å²) in [5.41, 5.74) is 2.65. The molecule has 0 unspecified atom stereocenters. The van der Waals surface area contributed by atoms with Gasteiger partial charge in [-0.05, 0) is 67.9 Å². The van der Waals surface area contributed by atoms with Gasteiger partial charge in [0.05, 0.1) is 35.7 Å². The fourth-order valence-corrected chi connectivity index (χ4v) is 3.22. The Hall–Kier alpha value is -2.63. The first kappa shape index (κ1) is 26.6. The monoisotopic (exact) mass is 476 g/mol. The predicted octanol–water partition coefficient (Wildman–Crippen LogP) is 3.14. The van der Waals surface area contributed by atoms with Crippen LogP contribution >= 0.6 is 0 Å². The van der Waals surface area contributed by atoms with Crippen LogP contribution in [-0.2, 0) is 10.1 Å². The third-order valence-corrected chi connectivity index (χ3v) is 5.13. The fraction of sp³-hybridized carbons (Fsp3) is 0.182. The summed E-state index contributed by atoms with van der Waals surface area (Å²) in [6.45, 7) is 4.33. The molecule has 3 aromatic carbocycles. The molecule has 0 N–H and O–H groups in total. The van der Waals surface area contributed by atoms with Crippen molar-refractivity contribution in [3.05, 3.63) is 66.2 Å². The molecule has 33 heavy (non-hydrogen) atoms. The molecule has 0 heterocycles. The zero-order valence-corrected chi connectivity index (χ0v) is 21.5. The van der Waals surface area contributed by atoms with E-state index in [1.54, 1.807) is 30.3 Å². The Morgan fingerprint density at radius 1 is 0.879 bits per heavy atom. The van der Waals surface area contributed by atoms with Crippen LogP contribution in [0, 0.1) is 6.92 Å². The number of azo groups is 2.